The number of likely N-dealkylation sites (tertiary alicyclic amines) is 1. The van der Waals surface area contributed by atoms with Crippen molar-refractivity contribution in [2.45, 2.75) is 95.5 Å². The zero-order valence-electron chi connectivity index (χ0n) is 26.3. The first-order chi connectivity index (χ1) is 22.0. The molecule has 1 heterocycles. The molecule has 15 nitrogen and oxygen atoms in total. The van der Waals surface area contributed by atoms with Crippen molar-refractivity contribution in [3.63, 3.8) is 0 Å². The van der Waals surface area contributed by atoms with E-state index in [1.54, 1.807) is 6.92 Å². The third kappa shape index (κ3) is 10.9. The molecule has 1 aliphatic carbocycles. The van der Waals surface area contributed by atoms with Crippen LogP contribution in [0.4, 0.5) is 0 Å². The summed E-state index contributed by atoms with van der Waals surface area (Å²) in [5, 5.41) is 26.3. The van der Waals surface area contributed by atoms with E-state index in [0.717, 1.165) is 0 Å². The molecule has 0 bridgehead atoms. The topological polar surface area (TPSA) is 247 Å². The number of benzene rings is 1. The minimum absolute atomic E-state index is 0.0265. The number of aromatic hydroxyl groups is 1. The summed E-state index contributed by atoms with van der Waals surface area (Å²) in [6.45, 7) is 4.29. The number of rotatable bonds is 15. The number of nitrogens with zero attached hydrogens (tertiary/aromatic N) is 2. The van der Waals surface area contributed by atoms with Crippen molar-refractivity contribution in [3.05, 3.63) is 27.2 Å². The van der Waals surface area contributed by atoms with Crippen LogP contribution in [0, 0.1) is 11.8 Å². The van der Waals surface area contributed by atoms with E-state index >= 15 is 0 Å². The molecule has 2 aliphatic rings. The molecule has 3 amide bonds. The average molecular weight is 768 g/mol. The van der Waals surface area contributed by atoms with E-state index in [0.29, 0.717) is 57.2 Å². The van der Waals surface area contributed by atoms with Crippen molar-refractivity contribution in [1.29, 1.82) is 0 Å². The number of hydrogen-bond donors (Lipinski definition) is 7. The third-order valence-electron chi connectivity index (χ3n) is 8.71. The second-order valence-corrected chi connectivity index (χ2v) is 14.4. The highest BCUT2D eigenvalue weighted by atomic mass is 79.9. The smallest absolute Gasteiger partial charge is 0.397 e. The van der Waals surface area contributed by atoms with Gasteiger partial charge in [0, 0.05) is 25.6 Å². The summed E-state index contributed by atoms with van der Waals surface area (Å²) >= 11 is 9.21. The lowest BCUT2D eigenvalue weighted by Crippen LogP contribution is -2.59. The highest BCUT2D eigenvalue weighted by Crippen LogP contribution is 2.42. The second-order valence-electron chi connectivity index (χ2n) is 12.1. The van der Waals surface area contributed by atoms with Gasteiger partial charge in [-0.05, 0) is 84.0 Å². The Morgan fingerprint density at radius 2 is 1.91 bits per heavy atom. The quantitative estimate of drug-likeness (QED) is 0.0581. The summed E-state index contributed by atoms with van der Waals surface area (Å²) in [5.74, 6) is -2.55. The lowest BCUT2D eigenvalue weighted by Gasteiger charge is -2.39. The molecule has 9 N–H and O–H groups in total. The number of carbonyl (C=O) groups is 3. The molecule has 18 heteroatoms. The number of nitrogens with one attached hydrogen (secondary N) is 2. The standard InChI is InChI=1S/C29H44BrClN6O9S/c1-3-15(2)24(36-27(41)23(38)12-16-10-19(30)25(39)20(31)11-16)28(42)37-21-14-18(46-47(43,44)45)7-6-17(21)13-22(37)26(40)34-8-4-5-9-35-29(32)33/h10-11,15,17-18,21-24,38-39H,3-9,12-14H2,1-2H3,(H,34,40)(H,36,41)(H4,32,33,35)(H,43,44,45). The number of fused-ring (bicyclic) bond motifs is 1. The number of amides is 3. The van der Waals surface area contributed by atoms with Crippen LogP contribution in [0.5, 0.6) is 5.75 Å². The van der Waals surface area contributed by atoms with Gasteiger partial charge in [-0.3, -0.25) is 23.9 Å². The highest BCUT2D eigenvalue weighted by molar-refractivity contribution is 9.10. The normalized spacial score (nSPS) is 22.9. The number of phenols is 1. The number of unbranched alkanes of at least 4 members (excludes halogenated alkanes) is 1. The van der Waals surface area contributed by atoms with Crippen LogP contribution in [0.2, 0.25) is 5.02 Å². The first kappa shape index (κ1) is 38.7. The van der Waals surface area contributed by atoms with Crippen LogP contribution in [-0.4, -0.2) is 95.2 Å². The van der Waals surface area contributed by atoms with Crippen LogP contribution >= 0.6 is 27.5 Å². The fraction of sp³-hybridized carbons (Fsp3) is 0.655. The SMILES string of the molecule is CCC(C)C(NC(=O)C(O)Cc1cc(Cl)c(O)c(Br)c1)C(=O)N1C(C(=O)NCCCCN=C(N)N)CC2CCC(OS(=O)(=O)O)CC21. The number of halogens is 2. The Morgan fingerprint density at radius 1 is 1.21 bits per heavy atom. The minimum atomic E-state index is -4.76. The van der Waals surface area contributed by atoms with Gasteiger partial charge in [-0.1, -0.05) is 31.9 Å². The van der Waals surface area contributed by atoms with Crippen molar-refractivity contribution in [2.75, 3.05) is 13.1 Å². The van der Waals surface area contributed by atoms with Crippen molar-refractivity contribution in [3.8, 4) is 5.75 Å². The zero-order chi connectivity index (χ0) is 35.1. The Kier molecular flexibility index (Phi) is 14.1. The summed E-state index contributed by atoms with van der Waals surface area (Å²) in [4.78, 5) is 46.5. The number of hydrogen-bond acceptors (Lipinski definition) is 9. The third-order valence-corrected chi connectivity index (χ3v) is 10.1. The number of aliphatic hydroxyl groups excluding tert-OH is 1. The van der Waals surface area contributed by atoms with Gasteiger partial charge in [0.25, 0.3) is 0 Å². The number of phenolic OH excluding ortho intramolecular Hbond substituents is 1. The molecule has 47 heavy (non-hydrogen) atoms. The van der Waals surface area contributed by atoms with Gasteiger partial charge in [-0.15, -0.1) is 0 Å². The van der Waals surface area contributed by atoms with E-state index < -0.39 is 64.4 Å². The van der Waals surface area contributed by atoms with E-state index in [2.05, 4.69) is 31.6 Å². The molecule has 2 fully saturated rings. The average Bonchev–Trinajstić information content (AvgIpc) is 3.37. The van der Waals surface area contributed by atoms with Gasteiger partial charge in [-0.2, -0.15) is 8.42 Å². The van der Waals surface area contributed by atoms with Crippen LogP contribution in [0.15, 0.2) is 21.6 Å². The largest absolute Gasteiger partial charge is 0.505 e. The van der Waals surface area contributed by atoms with Crippen LogP contribution in [0.1, 0.15) is 64.4 Å². The van der Waals surface area contributed by atoms with Crippen molar-refractivity contribution in [1.82, 2.24) is 15.5 Å². The Labute approximate surface area is 287 Å². The predicted molar refractivity (Wildman–Crippen MR) is 178 cm³/mol. The summed E-state index contributed by atoms with van der Waals surface area (Å²) < 4.78 is 37.4. The maximum atomic E-state index is 14.4. The first-order valence-electron chi connectivity index (χ1n) is 15.5. The summed E-state index contributed by atoms with van der Waals surface area (Å²) in [6, 6.07) is 0.277. The van der Waals surface area contributed by atoms with E-state index in [1.807, 2.05) is 6.92 Å². The lowest BCUT2D eigenvalue weighted by atomic mass is 9.83. The van der Waals surface area contributed by atoms with Gasteiger partial charge in [0.05, 0.1) is 15.6 Å². The van der Waals surface area contributed by atoms with E-state index in [-0.39, 0.29) is 40.0 Å². The minimum Gasteiger partial charge on any atom is -0.505 e. The Morgan fingerprint density at radius 3 is 2.53 bits per heavy atom. The van der Waals surface area contributed by atoms with E-state index in [4.69, 9.17) is 27.3 Å². The molecule has 0 radical (unpaired) electrons. The number of aliphatic imine (C=N–C) groups is 1. The van der Waals surface area contributed by atoms with Crippen LogP contribution in [0.3, 0.4) is 0 Å². The molecule has 1 aliphatic heterocycles. The summed E-state index contributed by atoms with van der Waals surface area (Å²) in [6.07, 6.45) is 0.128. The molecule has 1 aromatic carbocycles. The fourth-order valence-electron chi connectivity index (χ4n) is 6.15. The monoisotopic (exact) mass is 766 g/mol. The van der Waals surface area contributed by atoms with Crippen LogP contribution in [0.25, 0.3) is 0 Å². The number of carbonyl (C=O) groups excluding carboxylic acids is 3. The lowest BCUT2D eigenvalue weighted by molar-refractivity contribution is -0.146. The van der Waals surface area contributed by atoms with Crippen LogP contribution < -0.4 is 22.1 Å². The molecular formula is C29H44BrClN6O9S. The molecular weight excluding hydrogens is 724 g/mol. The molecule has 264 valence electrons. The molecule has 0 spiro atoms. The molecule has 1 saturated carbocycles. The highest BCUT2D eigenvalue weighted by Gasteiger charge is 2.51. The second kappa shape index (κ2) is 17.1. The predicted octanol–water partition coefficient (Wildman–Crippen LogP) is 1.37. The number of aliphatic hydroxyl groups is 1. The van der Waals surface area contributed by atoms with Crippen molar-refractivity contribution in [2.24, 2.45) is 28.3 Å². The summed E-state index contributed by atoms with van der Waals surface area (Å²) in [5.41, 5.74) is 11.1. The van der Waals surface area contributed by atoms with E-state index in [1.165, 1.54) is 17.0 Å². The zero-order valence-corrected chi connectivity index (χ0v) is 29.4. The van der Waals surface area contributed by atoms with E-state index in [9.17, 15) is 37.6 Å². The van der Waals surface area contributed by atoms with Gasteiger partial charge < -0.3 is 37.2 Å². The van der Waals surface area contributed by atoms with Gasteiger partial charge in [0.15, 0.2) is 5.96 Å². The maximum absolute atomic E-state index is 14.4. The fourth-order valence-corrected chi connectivity index (χ4v) is 7.53. The molecule has 3 rings (SSSR count). The molecule has 1 aromatic rings. The number of guanidine groups is 1. The molecule has 7 unspecified atom stereocenters. The van der Waals surface area contributed by atoms with Crippen LogP contribution in [-0.2, 0) is 35.4 Å². The Bertz CT molecular complexity index is 1410. The van der Waals surface area contributed by atoms with Crippen molar-refractivity contribution < 1.29 is 41.8 Å². The molecule has 0 aromatic heterocycles. The first-order valence-corrected chi connectivity index (χ1v) is 18.0. The molecule has 1 saturated heterocycles. The van der Waals surface area contributed by atoms with Gasteiger partial charge >= 0.3 is 10.4 Å². The van der Waals surface area contributed by atoms with Gasteiger partial charge in [-0.25, -0.2) is 4.18 Å². The Balaban J connectivity index is 1.83. The maximum Gasteiger partial charge on any atom is 0.397 e. The van der Waals surface area contributed by atoms with Gasteiger partial charge in [0.2, 0.25) is 17.7 Å². The van der Waals surface area contributed by atoms with Gasteiger partial charge in [0.1, 0.15) is 23.9 Å². The number of nitrogens with two attached hydrogens (primary N) is 2. The summed E-state index contributed by atoms with van der Waals surface area (Å²) in [7, 11) is -4.76. The Hall–Kier alpha value is -2.70. The van der Waals surface area contributed by atoms with Crippen molar-refractivity contribution >= 4 is 61.6 Å². The molecule has 7 atom stereocenters.